The van der Waals surface area contributed by atoms with Gasteiger partial charge in [-0.05, 0) is 43.2 Å². The number of thioether (sulfide) groups is 1. The van der Waals surface area contributed by atoms with E-state index in [1.807, 2.05) is 0 Å². The van der Waals surface area contributed by atoms with Gasteiger partial charge in [0.25, 0.3) is 5.91 Å². The summed E-state index contributed by atoms with van der Waals surface area (Å²) in [5.41, 5.74) is 0.396. The van der Waals surface area contributed by atoms with E-state index in [-0.39, 0.29) is 11.8 Å². The smallest absolute Gasteiger partial charge is 0.264 e. The van der Waals surface area contributed by atoms with E-state index >= 15 is 0 Å². The number of benzene rings is 1. The Morgan fingerprint density at radius 3 is 2.54 bits per heavy atom. The molecule has 2 amide bonds. The van der Waals surface area contributed by atoms with Crippen molar-refractivity contribution in [3.05, 3.63) is 39.2 Å². The Labute approximate surface area is 154 Å². The summed E-state index contributed by atoms with van der Waals surface area (Å²) in [4.78, 5) is 30.7. The number of hydrogen-bond donors (Lipinski definition) is 1. The highest BCUT2D eigenvalue weighted by molar-refractivity contribution is 8.18. The van der Waals surface area contributed by atoms with Crippen molar-refractivity contribution < 1.29 is 9.59 Å². The summed E-state index contributed by atoms with van der Waals surface area (Å²) < 4.78 is 0. The van der Waals surface area contributed by atoms with E-state index in [4.69, 9.17) is 23.2 Å². The van der Waals surface area contributed by atoms with Crippen LogP contribution in [0, 0.1) is 0 Å². The molecule has 2 fully saturated rings. The summed E-state index contributed by atoms with van der Waals surface area (Å²) in [6.45, 7) is 1.48. The third kappa shape index (κ3) is 3.94. The zero-order valence-electron chi connectivity index (χ0n) is 12.7. The molecule has 1 aromatic rings. The van der Waals surface area contributed by atoms with Gasteiger partial charge in [-0.2, -0.15) is 0 Å². The van der Waals surface area contributed by atoms with Crippen molar-refractivity contribution in [1.29, 1.82) is 0 Å². The van der Waals surface area contributed by atoms with E-state index in [1.54, 1.807) is 23.1 Å². The highest BCUT2D eigenvalue weighted by atomic mass is 35.5. The molecule has 1 aromatic carbocycles. The van der Waals surface area contributed by atoms with Crippen molar-refractivity contribution in [3.63, 3.8) is 0 Å². The Morgan fingerprint density at radius 2 is 1.88 bits per heavy atom. The summed E-state index contributed by atoms with van der Waals surface area (Å²) in [7, 11) is 0. The second-order valence-corrected chi connectivity index (χ2v) is 7.28. The molecule has 24 heavy (non-hydrogen) atoms. The molecule has 2 saturated heterocycles. The Bertz CT molecular complexity index is 723. The first-order valence-electron chi connectivity index (χ1n) is 7.57. The Balaban J connectivity index is 1.77. The molecule has 0 spiro atoms. The third-order valence-corrected chi connectivity index (χ3v) is 5.24. The summed E-state index contributed by atoms with van der Waals surface area (Å²) in [5, 5.41) is 3.78. The number of amidine groups is 1. The van der Waals surface area contributed by atoms with Gasteiger partial charge in [-0.1, -0.05) is 29.3 Å². The van der Waals surface area contributed by atoms with Crippen LogP contribution in [-0.4, -0.2) is 35.0 Å². The minimum Gasteiger partial charge on any atom is -0.339 e. The van der Waals surface area contributed by atoms with Crippen LogP contribution >= 0.6 is 35.0 Å². The number of rotatable bonds is 2. The molecule has 0 aromatic heterocycles. The van der Waals surface area contributed by atoms with E-state index in [1.165, 1.54) is 6.08 Å². The van der Waals surface area contributed by atoms with E-state index in [9.17, 15) is 9.59 Å². The normalized spacial score (nSPS) is 21.4. The van der Waals surface area contributed by atoms with Crippen LogP contribution in [0.4, 0.5) is 5.69 Å². The van der Waals surface area contributed by atoms with Crippen molar-refractivity contribution in [1.82, 2.24) is 10.2 Å². The highest BCUT2D eigenvalue weighted by Crippen LogP contribution is 2.35. The van der Waals surface area contributed by atoms with Crippen LogP contribution in [0.1, 0.15) is 19.3 Å². The van der Waals surface area contributed by atoms with Gasteiger partial charge in [0.05, 0.1) is 15.0 Å². The maximum absolute atomic E-state index is 12.2. The lowest BCUT2D eigenvalue weighted by Gasteiger charge is -2.25. The molecule has 126 valence electrons. The fourth-order valence-electron chi connectivity index (χ4n) is 2.50. The molecule has 0 bridgehead atoms. The van der Waals surface area contributed by atoms with Crippen molar-refractivity contribution in [3.8, 4) is 0 Å². The molecule has 8 heteroatoms. The van der Waals surface area contributed by atoms with Crippen molar-refractivity contribution in [2.24, 2.45) is 4.99 Å². The van der Waals surface area contributed by atoms with Crippen LogP contribution in [0.15, 0.2) is 34.2 Å². The number of carbonyl (C=O) groups excluding carboxylic acids is 2. The van der Waals surface area contributed by atoms with Crippen molar-refractivity contribution in [2.45, 2.75) is 19.3 Å². The van der Waals surface area contributed by atoms with Gasteiger partial charge < -0.3 is 10.2 Å². The van der Waals surface area contributed by atoms with Crippen LogP contribution in [0.3, 0.4) is 0 Å². The van der Waals surface area contributed by atoms with Gasteiger partial charge in [0.2, 0.25) is 5.91 Å². The first-order valence-corrected chi connectivity index (χ1v) is 9.14. The molecular weight excluding hydrogens is 369 g/mol. The lowest BCUT2D eigenvalue weighted by atomic mass is 10.1. The maximum atomic E-state index is 12.2. The van der Waals surface area contributed by atoms with E-state index in [0.29, 0.717) is 25.8 Å². The number of hydrogen-bond acceptors (Lipinski definition) is 4. The van der Waals surface area contributed by atoms with Gasteiger partial charge in [-0.15, -0.1) is 0 Å². The van der Waals surface area contributed by atoms with E-state index in [0.717, 1.165) is 44.1 Å². The van der Waals surface area contributed by atoms with E-state index < -0.39 is 0 Å². The number of amides is 2. The summed E-state index contributed by atoms with van der Waals surface area (Å²) in [5.74, 6) is -0.475. The number of nitrogens with zero attached hydrogens (tertiary/aromatic N) is 2. The molecule has 1 N–H and O–H groups in total. The average molecular weight is 384 g/mol. The molecule has 3 rings (SSSR count). The molecule has 0 atom stereocenters. The Hall–Kier alpha value is -1.50. The van der Waals surface area contributed by atoms with Gasteiger partial charge >= 0.3 is 0 Å². The topological polar surface area (TPSA) is 61.8 Å². The fraction of sp³-hybridized carbons (Fsp3) is 0.312. The predicted octanol–water partition coefficient (Wildman–Crippen LogP) is 3.74. The number of aliphatic imine (C=N–C) groups is 1. The summed E-state index contributed by atoms with van der Waals surface area (Å²) in [6, 6.07) is 5.06. The molecular formula is C16H15Cl2N3O2S. The standard InChI is InChI=1S/C16H15Cl2N3O2S/c17-10-5-4-6-11(18)14(10)19-16-20-15(23)12(24-16)9-13(22)21-7-2-1-3-8-21/h4-6,9H,1-3,7-8H2,(H,19,20,23). The van der Waals surface area contributed by atoms with Crippen LogP contribution in [0.2, 0.25) is 10.0 Å². The molecule has 2 aliphatic heterocycles. The van der Waals surface area contributed by atoms with Gasteiger partial charge in [0.15, 0.2) is 5.17 Å². The zero-order valence-corrected chi connectivity index (χ0v) is 15.0. The minimum absolute atomic E-state index is 0.135. The summed E-state index contributed by atoms with van der Waals surface area (Å²) in [6.07, 6.45) is 4.53. The van der Waals surface area contributed by atoms with Crippen LogP contribution < -0.4 is 5.32 Å². The monoisotopic (exact) mass is 383 g/mol. The van der Waals surface area contributed by atoms with Crippen LogP contribution in [0.5, 0.6) is 0 Å². The molecule has 5 nitrogen and oxygen atoms in total. The Morgan fingerprint density at radius 1 is 1.21 bits per heavy atom. The van der Waals surface area contributed by atoms with Gasteiger partial charge in [0, 0.05) is 19.2 Å². The highest BCUT2D eigenvalue weighted by Gasteiger charge is 2.26. The number of likely N-dealkylation sites (tertiary alicyclic amines) is 1. The molecule has 2 heterocycles. The summed E-state index contributed by atoms with van der Waals surface area (Å²) >= 11 is 13.3. The third-order valence-electron chi connectivity index (χ3n) is 3.72. The SMILES string of the molecule is O=C1NC(=Nc2c(Cl)cccc2Cl)SC1=CC(=O)N1CCCCC1. The molecule has 0 radical (unpaired) electrons. The number of piperidine rings is 1. The molecule has 0 aliphatic carbocycles. The first-order chi connectivity index (χ1) is 11.5. The van der Waals surface area contributed by atoms with Crippen molar-refractivity contribution >= 4 is 57.6 Å². The number of carbonyl (C=O) groups is 2. The Kier molecular flexibility index (Phi) is 5.48. The number of para-hydroxylation sites is 1. The van der Waals surface area contributed by atoms with Crippen molar-refractivity contribution in [2.75, 3.05) is 13.1 Å². The van der Waals surface area contributed by atoms with Gasteiger partial charge in [-0.3, -0.25) is 9.59 Å². The first kappa shape index (κ1) is 17.3. The van der Waals surface area contributed by atoms with E-state index in [2.05, 4.69) is 10.3 Å². The zero-order chi connectivity index (χ0) is 17.1. The number of nitrogens with one attached hydrogen (secondary N) is 1. The predicted molar refractivity (Wildman–Crippen MR) is 97.8 cm³/mol. The second kappa shape index (κ2) is 7.59. The van der Waals surface area contributed by atoms with Gasteiger partial charge in [-0.25, -0.2) is 4.99 Å². The fourth-order valence-corrected chi connectivity index (χ4v) is 3.77. The van der Waals surface area contributed by atoms with Crippen LogP contribution in [-0.2, 0) is 9.59 Å². The lowest BCUT2D eigenvalue weighted by Crippen LogP contribution is -2.34. The van der Waals surface area contributed by atoms with Gasteiger partial charge in [0.1, 0.15) is 5.69 Å². The molecule has 0 unspecified atom stereocenters. The quantitative estimate of drug-likeness (QED) is 0.791. The second-order valence-electron chi connectivity index (χ2n) is 5.44. The largest absolute Gasteiger partial charge is 0.339 e. The molecule has 0 saturated carbocycles. The number of halogens is 2. The minimum atomic E-state index is -0.340. The average Bonchev–Trinajstić information content (AvgIpc) is 2.91. The van der Waals surface area contributed by atoms with Crippen LogP contribution in [0.25, 0.3) is 0 Å². The maximum Gasteiger partial charge on any atom is 0.264 e. The molecule has 2 aliphatic rings. The lowest BCUT2D eigenvalue weighted by molar-refractivity contribution is -0.127.